The molecule has 2 aliphatic heterocycles. The fraction of sp³-hybridized carbons (Fsp3) is 0.154. The van der Waals surface area contributed by atoms with Crippen molar-refractivity contribution in [2.75, 3.05) is 11.4 Å². The molecule has 0 unspecified atom stereocenters. The largest absolute Gasteiger partial charge is 0.362 e. The Bertz CT molecular complexity index is 1180. The number of nitrogens with zero attached hydrogens (tertiary/aromatic N) is 2. The van der Waals surface area contributed by atoms with Crippen LogP contribution in [0.2, 0.25) is 0 Å². The van der Waals surface area contributed by atoms with Crippen LogP contribution < -0.4 is 4.90 Å². The first-order chi connectivity index (χ1) is 14.6. The highest BCUT2D eigenvalue weighted by Crippen LogP contribution is 2.37. The van der Waals surface area contributed by atoms with Crippen molar-refractivity contribution >= 4 is 23.1 Å². The van der Waals surface area contributed by atoms with Crippen molar-refractivity contribution in [2.45, 2.75) is 19.9 Å². The Morgan fingerprint density at radius 1 is 0.733 bits per heavy atom. The summed E-state index contributed by atoms with van der Waals surface area (Å²) in [5.41, 5.74) is 5.83. The van der Waals surface area contributed by atoms with E-state index >= 15 is 0 Å². The molecule has 148 valence electrons. The van der Waals surface area contributed by atoms with E-state index in [9.17, 15) is 9.59 Å². The number of imide groups is 1. The van der Waals surface area contributed by atoms with Crippen LogP contribution in [0.4, 0.5) is 5.69 Å². The Hall–Kier alpha value is -3.66. The lowest BCUT2D eigenvalue weighted by Gasteiger charge is -2.31. The number of hydrogen-bond acceptors (Lipinski definition) is 3. The summed E-state index contributed by atoms with van der Waals surface area (Å²) in [6.07, 6.45) is 0.855. The highest BCUT2D eigenvalue weighted by Gasteiger charge is 2.43. The maximum Gasteiger partial charge on any atom is 0.282 e. The molecule has 0 fully saturated rings. The first kappa shape index (κ1) is 18.4. The van der Waals surface area contributed by atoms with E-state index < -0.39 is 0 Å². The molecule has 5 rings (SSSR count). The number of benzene rings is 3. The highest BCUT2D eigenvalue weighted by molar-refractivity contribution is 6.45. The van der Waals surface area contributed by atoms with Crippen LogP contribution in [0.25, 0.3) is 5.57 Å². The second-order valence-corrected chi connectivity index (χ2v) is 7.76. The molecule has 3 aromatic rings. The van der Waals surface area contributed by atoms with Gasteiger partial charge in [-0.05, 0) is 41.7 Å². The second kappa shape index (κ2) is 7.30. The zero-order valence-electron chi connectivity index (χ0n) is 16.8. The van der Waals surface area contributed by atoms with E-state index in [0.717, 1.165) is 17.5 Å². The second-order valence-electron chi connectivity index (χ2n) is 7.76. The molecule has 4 heteroatoms. The van der Waals surface area contributed by atoms with Crippen LogP contribution in [0.15, 0.2) is 84.6 Å². The van der Waals surface area contributed by atoms with Crippen molar-refractivity contribution in [3.05, 3.63) is 107 Å². The highest BCUT2D eigenvalue weighted by atomic mass is 16.2. The Morgan fingerprint density at radius 2 is 1.40 bits per heavy atom. The van der Waals surface area contributed by atoms with Gasteiger partial charge in [0.2, 0.25) is 0 Å². The molecule has 0 saturated heterocycles. The zero-order chi connectivity index (χ0) is 20.7. The van der Waals surface area contributed by atoms with E-state index in [1.54, 1.807) is 0 Å². The van der Waals surface area contributed by atoms with Gasteiger partial charge in [-0.25, -0.2) is 4.90 Å². The van der Waals surface area contributed by atoms with Crippen molar-refractivity contribution in [1.29, 1.82) is 0 Å². The van der Waals surface area contributed by atoms with Gasteiger partial charge in [0.25, 0.3) is 11.8 Å². The predicted molar refractivity (Wildman–Crippen MR) is 118 cm³/mol. The molecular weight excluding hydrogens is 372 g/mol. The van der Waals surface area contributed by atoms with Crippen molar-refractivity contribution in [2.24, 2.45) is 0 Å². The zero-order valence-corrected chi connectivity index (χ0v) is 16.8. The Morgan fingerprint density at radius 3 is 2.17 bits per heavy atom. The molecule has 2 aliphatic rings. The molecule has 0 saturated carbocycles. The normalized spacial score (nSPS) is 16.3. The molecule has 0 atom stereocenters. The van der Waals surface area contributed by atoms with Gasteiger partial charge in [-0.1, -0.05) is 72.8 Å². The van der Waals surface area contributed by atoms with Crippen molar-refractivity contribution < 1.29 is 9.59 Å². The van der Waals surface area contributed by atoms with E-state index in [2.05, 4.69) is 17.0 Å². The molecule has 3 aromatic carbocycles. The molecular formula is C26H22N2O2. The lowest BCUT2D eigenvalue weighted by molar-refractivity contribution is -0.120. The van der Waals surface area contributed by atoms with Crippen LogP contribution in [0.1, 0.15) is 22.3 Å². The lowest BCUT2D eigenvalue weighted by Crippen LogP contribution is -2.37. The van der Waals surface area contributed by atoms with Crippen molar-refractivity contribution in [3.8, 4) is 0 Å². The first-order valence-electron chi connectivity index (χ1n) is 10.2. The van der Waals surface area contributed by atoms with Gasteiger partial charge in [0.1, 0.15) is 5.70 Å². The number of hydrogen-bond donors (Lipinski definition) is 0. The van der Waals surface area contributed by atoms with Gasteiger partial charge in [0.15, 0.2) is 0 Å². The summed E-state index contributed by atoms with van der Waals surface area (Å²) >= 11 is 0. The average molecular weight is 394 g/mol. The predicted octanol–water partition coefficient (Wildman–Crippen LogP) is 4.34. The molecule has 2 heterocycles. The number of amides is 2. The minimum Gasteiger partial charge on any atom is -0.362 e. The maximum atomic E-state index is 13.7. The number of carbonyl (C=O) groups excluding carboxylic acids is 2. The molecule has 30 heavy (non-hydrogen) atoms. The summed E-state index contributed by atoms with van der Waals surface area (Å²) in [5, 5.41) is 0. The summed E-state index contributed by atoms with van der Waals surface area (Å²) in [7, 11) is 0. The van der Waals surface area contributed by atoms with Crippen LogP contribution in [-0.4, -0.2) is 23.3 Å². The molecule has 0 aliphatic carbocycles. The lowest BCUT2D eigenvalue weighted by atomic mass is 9.98. The third-order valence-electron chi connectivity index (χ3n) is 5.93. The minimum atomic E-state index is -0.255. The third kappa shape index (κ3) is 2.92. The quantitative estimate of drug-likeness (QED) is 0.621. The molecule has 0 aromatic heterocycles. The third-order valence-corrected chi connectivity index (χ3v) is 5.93. The van der Waals surface area contributed by atoms with Gasteiger partial charge in [-0.2, -0.15) is 0 Å². The summed E-state index contributed by atoms with van der Waals surface area (Å²) in [5.74, 6) is -0.498. The van der Waals surface area contributed by atoms with E-state index in [0.29, 0.717) is 30.0 Å². The van der Waals surface area contributed by atoms with E-state index in [1.165, 1.54) is 16.0 Å². The number of anilines is 1. The summed E-state index contributed by atoms with van der Waals surface area (Å²) in [6.45, 7) is 3.26. The fourth-order valence-electron chi connectivity index (χ4n) is 4.40. The fourth-order valence-corrected chi connectivity index (χ4v) is 4.40. The smallest absolute Gasteiger partial charge is 0.282 e. The molecule has 0 radical (unpaired) electrons. The average Bonchev–Trinajstić information content (AvgIpc) is 3.04. The van der Waals surface area contributed by atoms with Gasteiger partial charge in [-0.15, -0.1) is 0 Å². The van der Waals surface area contributed by atoms with E-state index in [1.807, 2.05) is 73.7 Å². The van der Waals surface area contributed by atoms with Crippen LogP contribution in [-0.2, 0) is 22.6 Å². The SMILES string of the molecule is Cc1ccccc1N1C(=O)C(c2ccccc2)=C(N2CCc3ccccc3C2)C1=O. The Balaban J connectivity index is 1.63. The van der Waals surface area contributed by atoms with E-state index in [-0.39, 0.29) is 11.8 Å². The van der Waals surface area contributed by atoms with Gasteiger partial charge in [0, 0.05) is 13.1 Å². The summed E-state index contributed by atoms with van der Waals surface area (Å²) in [4.78, 5) is 30.7. The molecule has 2 amide bonds. The van der Waals surface area contributed by atoms with Crippen LogP contribution in [0.5, 0.6) is 0 Å². The number of aryl methyl sites for hydroxylation is 1. The summed E-state index contributed by atoms with van der Waals surface area (Å²) in [6, 6.07) is 25.4. The van der Waals surface area contributed by atoms with Crippen LogP contribution in [0, 0.1) is 6.92 Å². The van der Waals surface area contributed by atoms with E-state index in [4.69, 9.17) is 0 Å². The molecule has 0 spiro atoms. The Kier molecular flexibility index (Phi) is 4.47. The number of para-hydroxylation sites is 1. The number of rotatable bonds is 3. The van der Waals surface area contributed by atoms with Crippen molar-refractivity contribution in [1.82, 2.24) is 4.90 Å². The minimum absolute atomic E-state index is 0.243. The molecule has 0 N–H and O–H groups in total. The van der Waals surface area contributed by atoms with Crippen molar-refractivity contribution in [3.63, 3.8) is 0 Å². The van der Waals surface area contributed by atoms with Gasteiger partial charge < -0.3 is 4.90 Å². The summed E-state index contributed by atoms with van der Waals surface area (Å²) < 4.78 is 0. The molecule has 0 bridgehead atoms. The number of fused-ring (bicyclic) bond motifs is 1. The van der Waals surface area contributed by atoms with Gasteiger partial charge in [0.05, 0.1) is 11.3 Å². The molecule has 4 nitrogen and oxygen atoms in total. The maximum absolute atomic E-state index is 13.7. The van der Waals surface area contributed by atoms with Gasteiger partial charge >= 0.3 is 0 Å². The topological polar surface area (TPSA) is 40.6 Å². The first-order valence-corrected chi connectivity index (χ1v) is 10.2. The van der Waals surface area contributed by atoms with Crippen LogP contribution >= 0.6 is 0 Å². The van der Waals surface area contributed by atoms with Gasteiger partial charge in [-0.3, -0.25) is 9.59 Å². The number of carbonyl (C=O) groups is 2. The van der Waals surface area contributed by atoms with Crippen LogP contribution in [0.3, 0.4) is 0 Å². The standard InChI is InChI=1S/C26H22N2O2/c1-18-9-5-8-14-22(18)28-25(29)23(20-11-3-2-4-12-20)24(26(28)30)27-16-15-19-10-6-7-13-21(19)17-27/h2-14H,15-17H2,1H3. The monoisotopic (exact) mass is 394 g/mol. The Labute approximate surface area is 176 Å².